The summed E-state index contributed by atoms with van der Waals surface area (Å²) in [7, 11) is 5.12. The van der Waals surface area contributed by atoms with Gasteiger partial charge in [-0.1, -0.05) is 6.07 Å². The number of thiophene rings is 1. The summed E-state index contributed by atoms with van der Waals surface area (Å²) in [6, 6.07) is 12.0. The molecule has 0 bridgehead atoms. The second-order valence-corrected chi connectivity index (χ2v) is 10.6. The minimum absolute atomic E-state index is 0. The van der Waals surface area contributed by atoms with E-state index in [1.54, 1.807) is 12.1 Å². The molecular weight excluding hydrogens is 606 g/mol. The summed E-state index contributed by atoms with van der Waals surface area (Å²) in [5, 5.41) is 19.3. The van der Waals surface area contributed by atoms with E-state index in [4.69, 9.17) is 4.74 Å². The van der Waals surface area contributed by atoms with Gasteiger partial charge in [0.1, 0.15) is 16.5 Å². The third kappa shape index (κ3) is 6.02. The monoisotopic (exact) mass is 630 g/mol. The predicted molar refractivity (Wildman–Crippen MR) is 161 cm³/mol. The Morgan fingerprint density at radius 3 is 2.23 bits per heavy atom. The molecule has 0 amide bonds. The lowest BCUT2D eigenvalue weighted by atomic mass is 10.0. The molecule has 0 N–H and O–H groups in total. The minimum atomic E-state index is -0.870. The number of hydrogen-bond donors (Lipinski definition) is 0. The van der Waals surface area contributed by atoms with Crippen LogP contribution in [0.3, 0.4) is 0 Å². The second-order valence-electron chi connectivity index (χ2n) is 9.59. The number of methoxy groups -OCH3 is 1. The van der Waals surface area contributed by atoms with Gasteiger partial charge in [0, 0.05) is 35.2 Å². The molecule has 0 atom stereocenters. The van der Waals surface area contributed by atoms with Crippen molar-refractivity contribution in [1.82, 2.24) is 24.2 Å². The van der Waals surface area contributed by atoms with E-state index in [1.807, 2.05) is 19.0 Å². The maximum Gasteiger partial charge on any atom is 0.338 e. The van der Waals surface area contributed by atoms with Gasteiger partial charge in [0.05, 0.1) is 24.0 Å². The van der Waals surface area contributed by atoms with Gasteiger partial charge in [-0.2, -0.15) is 0 Å². The lowest BCUT2D eigenvalue weighted by Gasteiger charge is -2.14. The number of rotatable bonds is 9. The van der Waals surface area contributed by atoms with Gasteiger partial charge in [-0.3, -0.25) is 19.5 Å². The highest BCUT2D eigenvalue weighted by atomic mass is 35.5. The van der Waals surface area contributed by atoms with Crippen LogP contribution in [0.15, 0.2) is 64.2 Å². The van der Waals surface area contributed by atoms with E-state index >= 15 is 0 Å². The molecule has 0 saturated heterocycles. The molecule has 5 aromatic rings. The Morgan fingerprint density at radius 2 is 1.67 bits per heavy atom. The summed E-state index contributed by atoms with van der Waals surface area (Å²) in [5.41, 5.74) is -0.848. The molecular formula is C28H25ClF2N6O5S. The number of nitro groups is 1. The number of non-ortho nitro benzene ring substituents is 1. The fraction of sp³-hybridized carbons (Fsp3) is 0.214. The molecule has 0 radical (unpaired) electrons. The summed E-state index contributed by atoms with van der Waals surface area (Å²) in [5.74, 6) is -1.64. The molecule has 15 heteroatoms. The molecule has 43 heavy (non-hydrogen) atoms. The van der Waals surface area contributed by atoms with Crippen molar-refractivity contribution in [3.63, 3.8) is 0 Å². The lowest BCUT2D eigenvalue weighted by Crippen LogP contribution is -2.39. The van der Waals surface area contributed by atoms with Gasteiger partial charge in [-0.25, -0.2) is 18.1 Å². The second kappa shape index (κ2) is 12.8. The number of likely N-dealkylation sites (N-methyl/N-ethyl adjacent to an activating group) is 1. The number of fused-ring (bicyclic) bond motifs is 1. The normalized spacial score (nSPS) is 11.1. The largest absolute Gasteiger partial charge is 0.480 e. The number of aromatic nitrogens is 4. The number of ether oxygens (including phenoxy) is 1. The van der Waals surface area contributed by atoms with Crippen molar-refractivity contribution in [2.75, 3.05) is 27.7 Å². The Hall–Kier alpha value is -4.53. The first-order valence-electron chi connectivity index (χ1n) is 12.6. The zero-order chi connectivity index (χ0) is 30.1. The molecule has 3 heterocycles. The third-order valence-electron chi connectivity index (χ3n) is 6.66. The van der Waals surface area contributed by atoms with Crippen molar-refractivity contribution >= 4 is 39.6 Å². The van der Waals surface area contributed by atoms with Crippen LogP contribution in [0.5, 0.6) is 5.88 Å². The van der Waals surface area contributed by atoms with E-state index in [1.165, 1.54) is 37.4 Å². The first-order valence-corrected chi connectivity index (χ1v) is 13.4. The first-order chi connectivity index (χ1) is 20.1. The molecule has 0 aliphatic rings. The maximum atomic E-state index is 14.8. The van der Waals surface area contributed by atoms with Crippen LogP contribution in [0.2, 0.25) is 0 Å². The highest BCUT2D eigenvalue weighted by molar-refractivity contribution is 7.22. The molecule has 3 aromatic heterocycles. The Bertz CT molecular complexity index is 1900. The van der Waals surface area contributed by atoms with Crippen LogP contribution in [-0.4, -0.2) is 56.9 Å². The van der Waals surface area contributed by atoms with Crippen molar-refractivity contribution in [2.24, 2.45) is 0 Å². The summed E-state index contributed by atoms with van der Waals surface area (Å²) < 4.78 is 36.6. The van der Waals surface area contributed by atoms with Crippen LogP contribution in [0.1, 0.15) is 11.1 Å². The van der Waals surface area contributed by atoms with Crippen molar-refractivity contribution in [3.8, 4) is 22.1 Å². The molecule has 0 fully saturated rings. The zero-order valence-electron chi connectivity index (χ0n) is 23.1. The fourth-order valence-electron chi connectivity index (χ4n) is 4.53. The smallest absolute Gasteiger partial charge is 0.338 e. The Balaban J connectivity index is 0.00000423. The fourth-order valence-corrected chi connectivity index (χ4v) is 5.87. The molecule has 2 aromatic carbocycles. The van der Waals surface area contributed by atoms with Gasteiger partial charge in [-0.15, -0.1) is 33.9 Å². The SMILES string of the molecule is COc1ccc(-n2c(=O)c3c(CCN(C)C)c(-c4ccc([N+](=O)[O-])cc4)sc3n(Cc3c(F)cccc3F)c2=O)nn1.Cl. The first kappa shape index (κ1) is 31.4. The van der Waals surface area contributed by atoms with Gasteiger partial charge < -0.3 is 9.64 Å². The lowest BCUT2D eigenvalue weighted by molar-refractivity contribution is -0.384. The number of hydrogen-bond acceptors (Lipinski definition) is 9. The quantitative estimate of drug-likeness (QED) is 0.173. The zero-order valence-corrected chi connectivity index (χ0v) is 24.7. The average molecular weight is 631 g/mol. The van der Waals surface area contributed by atoms with Crippen LogP contribution in [-0.2, 0) is 13.0 Å². The van der Waals surface area contributed by atoms with E-state index in [9.17, 15) is 28.5 Å². The van der Waals surface area contributed by atoms with Gasteiger partial charge in [-0.05, 0) is 62.0 Å². The third-order valence-corrected chi connectivity index (χ3v) is 7.97. The van der Waals surface area contributed by atoms with Gasteiger partial charge in [0.25, 0.3) is 11.2 Å². The Labute approximate surface area is 253 Å². The number of nitrogens with zero attached hydrogens (tertiary/aromatic N) is 6. The number of nitro benzene ring substituents is 1. The molecule has 0 aliphatic carbocycles. The van der Waals surface area contributed by atoms with Gasteiger partial charge in [0.15, 0.2) is 5.82 Å². The van der Waals surface area contributed by atoms with E-state index in [2.05, 4.69) is 10.2 Å². The molecule has 0 saturated carbocycles. The maximum absolute atomic E-state index is 14.8. The van der Waals surface area contributed by atoms with Crippen LogP contribution in [0, 0.1) is 21.7 Å². The molecule has 224 valence electrons. The standard InChI is InChI=1S/C28H24F2N6O5S.ClH/c1-33(2)14-13-18-24-26(37)35(22-11-12-23(41-3)32-31-22)28(38)34(15-19-20(29)5-4-6-21(19)30)27(24)42-25(18)16-7-9-17(10-8-16)36(39)40;/h4-12H,13-15H2,1-3H3;1H. The summed E-state index contributed by atoms with van der Waals surface area (Å²) in [6.45, 7) is 0.0136. The highest BCUT2D eigenvalue weighted by Gasteiger charge is 2.25. The van der Waals surface area contributed by atoms with Crippen molar-refractivity contribution in [2.45, 2.75) is 13.0 Å². The van der Waals surface area contributed by atoms with Crippen LogP contribution in [0.25, 0.3) is 26.5 Å². The predicted octanol–water partition coefficient (Wildman–Crippen LogP) is 4.44. The van der Waals surface area contributed by atoms with Crippen LogP contribution >= 0.6 is 23.7 Å². The van der Waals surface area contributed by atoms with Crippen LogP contribution < -0.4 is 16.0 Å². The van der Waals surface area contributed by atoms with E-state index < -0.39 is 34.4 Å². The van der Waals surface area contributed by atoms with Crippen molar-refractivity contribution < 1.29 is 18.4 Å². The summed E-state index contributed by atoms with van der Waals surface area (Å²) >= 11 is 1.10. The van der Waals surface area contributed by atoms with Gasteiger partial charge >= 0.3 is 5.69 Å². The van der Waals surface area contributed by atoms with Crippen molar-refractivity contribution in [3.05, 3.63) is 108 Å². The van der Waals surface area contributed by atoms with E-state index in [0.29, 0.717) is 29.0 Å². The van der Waals surface area contributed by atoms with E-state index in [-0.39, 0.29) is 45.6 Å². The molecule has 0 spiro atoms. The number of halogens is 3. The minimum Gasteiger partial charge on any atom is -0.480 e. The topological polar surface area (TPSA) is 125 Å². The van der Waals surface area contributed by atoms with E-state index in [0.717, 1.165) is 32.6 Å². The molecule has 0 unspecified atom stereocenters. The summed E-state index contributed by atoms with van der Waals surface area (Å²) in [4.78, 5) is 41.5. The van der Waals surface area contributed by atoms with Crippen molar-refractivity contribution in [1.29, 1.82) is 0 Å². The Kier molecular flexibility index (Phi) is 9.33. The average Bonchev–Trinajstić information content (AvgIpc) is 3.35. The molecule has 11 nitrogen and oxygen atoms in total. The van der Waals surface area contributed by atoms with Gasteiger partial charge in [0.2, 0.25) is 5.88 Å². The summed E-state index contributed by atoms with van der Waals surface area (Å²) in [6.07, 6.45) is 0.370. The highest BCUT2D eigenvalue weighted by Crippen LogP contribution is 2.38. The Morgan fingerprint density at radius 1 is 1.00 bits per heavy atom. The number of benzene rings is 2. The molecule has 0 aliphatic heterocycles. The van der Waals surface area contributed by atoms with Crippen LogP contribution in [0.4, 0.5) is 14.5 Å². The molecule has 5 rings (SSSR count).